The van der Waals surface area contributed by atoms with Crippen molar-refractivity contribution in [2.45, 2.75) is 26.3 Å². The summed E-state index contributed by atoms with van der Waals surface area (Å²) in [4.78, 5) is 26.2. The normalized spacial score (nSPS) is 11.7. The van der Waals surface area contributed by atoms with E-state index in [-0.39, 0.29) is 19.1 Å². The van der Waals surface area contributed by atoms with Crippen LogP contribution in [0.1, 0.15) is 30.6 Å². The van der Waals surface area contributed by atoms with Gasteiger partial charge in [0, 0.05) is 12.2 Å². The van der Waals surface area contributed by atoms with Crippen LogP contribution in [0.2, 0.25) is 0 Å². The number of ether oxygens (including phenoxy) is 1. The summed E-state index contributed by atoms with van der Waals surface area (Å²) in [6, 6.07) is 2.88. The first-order valence-corrected chi connectivity index (χ1v) is 5.65. The van der Waals surface area contributed by atoms with Crippen LogP contribution in [-0.2, 0) is 9.53 Å². The molecule has 6 nitrogen and oxygen atoms in total. The largest absolute Gasteiger partial charge is 0.481 e. The van der Waals surface area contributed by atoms with Crippen LogP contribution in [0.15, 0.2) is 18.3 Å². The molecule has 0 aromatic carbocycles. The lowest BCUT2D eigenvalue weighted by Crippen LogP contribution is -2.22. The van der Waals surface area contributed by atoms with Crippen LogP contribution in [0, 0.1) is 0 Å². The number of carboxylic acid groups (broad SMARTS) is 1. The first kappa shape index (κ1) is 14.0. The van der Waals surface area contributed by atoms with Crippen LogP contribution in [0.4, 0.5) is 5.82 Å². The fraction of sp³-hybridized carbons (Fsp3) is 0.417. The standard InChI is InChI=1S/C12H16N2O4/c1-3-18-12(17)9-5-4-6-13-11(9)14-8(2)7-10(15)16/h4-6,8H,3,7H2,1-2H3,(H,13,14)(H,15,16). The zero-order valence-corrected chi connectivity index (χ0v) is 10.3. The minimum Gasteiger partial charge on any atom is -0.481 e. The quantitative estimate of drug-likeness (QED) is 0.746. The summed E-state index contributed by atoms with van der Waals surface area (Å²) in [6.07, 6.45) is 1.47. The highest BCUT2D eigenvalue weighted by Crippen LogP contribution is 2.14. The maximum absolute atomic E-state index is 11.7. The third kappa shape index (κ3) is 4.04. The van der Waals surface area contributed by atoms with Gasteiger partial charge in [-0.1, -0.05) is 0 Å². The van der Waals surface area contributed by atoms with Crippen molar-refractivity contribution >= 4 is 17.8 Å². The average molecular weight is 252 g/mol. The van der Waals surface area contributed by atoms with Gasteiger partial charge in [0.2, 0.25) is 0 Å². The summed E-state index contributed by atoms with van der Waals surface area (Å²) in [5.41, 5.74) is 0.302. The third-order valence-electron chi connectivity index (χ3n) is 2.17. The van der Waals surface area contributed by atoms with Gasteiger partial charge in [0.25, 0.3) is 0 Å². The summed E-state index contributed by atoms with van der Waals surface area (Å²) in [5, 5.41) is 11.6. The molecule has 1 aromatic rings. The van der Waals surface area contributed by atoms with Crippen LogP contribution in [0.25, 0.3) is 0 Å². The Bertz CT molecular complexity index is 434. The van der Waals surface area contributed by atoms with E-state index in [0.29, 0.717) is 11.4 Å². The Morgan fingerprint density at radius 1 is 1.56 bits per heavy atom. The maximum Gasteiger partial charge on any atom is 0.341 e. The van der Waals surface area contributed by atoms with Gasteiger partial charge in [0.05, 0.1) is 13.0 Å². The second-order valence-corrected chi connectivity index (χ2v) is 3.76. The molecule has 1 unspecified atom stereocenters. The molecule has 18 heavy (non-hydrogen) atoms. The molecular weight excluding hydrogens is 236 g/mol. The smallest absolute Gasteiger partial charge is 0.341 e. The van der Waals surface area contributed by atoms with Gasteiger partial charge in [-0.3, -0.25) is 4.79 Å². The van der Waals surface area contributed by atoms with E-state index in [1.165, 1.54) is 6.20 Å². The highest BCUT2D eigenvalue weighted by atomic mass is 16.5. The Morgan fingerprint density at radius 3 is 2.89 bits per heavy atom. The Labute approximate surface area is 105 Å². The van der Waals surface area contributed by atoms with Crippen molar-refractivity contribution in [3.05, 3.63) is 23.9 Å². The highest BCUT2D eigenvalue weighted by Gasteiger charge is 2.15. The van der Waals surface area contributed by atoms with Crippen LogP contribution in [-0.4, -0.2) is 34.7 Å². The number of hydrogen-bond acceptors (Lipinski definition) is 5. The van der Waals surface area contributed by atoms with E-state index < -0.39 is 11.9 Å². The minimum absolute atomic E-state index is 0.0567. The summed E-state index contributed by atoms with van der Waals surface area (Å²) in [5.74, 6) is -1.05. The van der Waals surface area contributed by atoms with Crippen molar-refractivity contribution in [3.63, 3.8) is 0 Å². The molecule has 98 valence electrons. The van der Waals surface area contributed by atoms with Crippen LogP contribution in [0.3, 0.4) is 0 Å². The summed E-state index contributed by atoms with van der Waals surface area (Å²) < 4.78 is 4.90. The SMILES string of the molecule is CCOC(=O)c1cccnc1NC(C)CC(=O)O. The van der Waals surface area contributed by atoms with Gasteiger partial charge in [-0.25, -0.2) is 9.78 Å². The summed E-state index contributed by atoms with van der Waals surface area (Å²) in [6.45, 7) is 3.70. The number of pyridine rings is 1. The van der Waals surface area contributed by atoms with E-state index >= 15 is 0 Å². The van der Waals surface area contributed by atoms with Gasteiger partial charge in [-0.15, -0.1) is 0 Å². The van der Waals surface area contributed by atoms with Crippen molar-refractivity contribution in [1.82, 2.24) is 4.98 Å². The minimum atomic E-state index is -0.913. The van der Waals surface area contributed by atoms with E-state index in [2.05, 4.69) is 10.3 Å². The lowest BCUT2D eigenvalue weighted by atomic mass is 10.2. The molecule has 0 aliphatic rings. The van der Waals surface area contributed by atoms with Gasteiger partial charge in [0.1, 0.15) is 11.4 Å². The number of esters is 1. The van der Waals surface area contributed by atoms with Gasteiger partial charge in [0.15, 0.2) is 0 Å². The van der Waals surface area contributed by atoms with Crippen molar-refractivity contribution < 1.29 is 19.4 Å². The molecule has 0 fully saturated rings. The summed E-state index contributed by atoms with van der Waals surface area (Å²) >= 11 is 0. The fourth-order valence-electron chi connectivity index (χ4n) is 1.44. The number of carboxylic acids is 1. The molecule has 0 amide bonds. The predicted molar refractivity (Wildman–Crippen MR) is 65.5 cm³/mol. The summed E-state index contributed by atoms with van der Waals surface area (Å²) in [7, 11) is 0. The molecule has 0 radical (unpaired) electrons. The molecule has 1 atom stereocenters. The lowest BCUT2D eigenvalue weighted by Gasteiger charge is -2.14. The van der Waals surface area contributed by atoms with Crippen molar-refractivity contribution in [1.29, 1.82) is 0 Å². The van der Waals surface area contributed by atoms with E-state index in [9.17, 15) is 9.59 Å². The fourth-order valence-corrected chi connectivity index (χ4v) is 1.44. The Kier molecular flexibility index (Phi) is 5.10. The molecule has 1 rings (SSSR count). The van der Waals surface area contributed by atoms with E-state index in [1.807, 2.05) is 0 Å². The molecule has 0 aliphatic heterocycles. The monoisotopic (exact) mass is 252 g/mol. The van der Waals surface area contributed by atoms with Gasteiger partial charge in [-0.2, -0.15) is 0 Å². The molecule has 0 spiro atoms. The average Bonchev–Trinajstić information content (AvgIpc) is 2.28. The van der Waals surface area contributed by atoms with E-state index in [1.54, 1.807) is 26.0 Å². The lowest BCUT2D eigenvalue weighted by molar-refractivity contribution is -0.137. The number of aromatic nitrogens is 1. The number of anilines is 1. The molecule has 0 saturated heterocycles. The van der Waals surface area contributed by atoms with Crippen LogP contribution in [0.5, 0.6) is 0 Å². The van der Waals surface area contributed by atoms with E-state index in [4.69, 9.17) is 9.84 Å². The number of nitrogens with one attached hydrogen (secondary N) is 1. The Balaban J connectivity index is 2.82. The molecule has 0 bridgehead atoms. The van der Waals surface area contributed by atoms with E-state index in [0.717, 1.165) is 0 Å². The third-order valence-corrected chi connectivity index (χ3v) is 2.17. The Morgan fingerprint density at radius 2 is 2.28 bits per heavy atom. The molecule has 0 aliphatic carbocycles. The number of carbonyl (C=O) groups excluding carboxylic acids is 1. The van der Waals surface area contributed by atoms with Crippen LogP contribution < -0.4 is 5.32 Å². The number of rotatable bonds is 6. The van der Waals surface area contributed by atoms with Gasteiger partial charge in [-0.05, 0) is 26.0 Å². The predicted octanol–water partition coefficient (Wildman–Crippen LogP) is 1.53. The number of nitrogens with zero attached hydrogens (tertiary/aromatic N) is 1. The molecule has 0 saturated carbocycles. The highest BCUT2D eigenvalue weighted by molar-refractivity contribution is 5.94. The number of hydrogen-bond donors (Lipinski definition) is 2. The van der Waals surface area contributed by atoms with Crippen LogP contribution >= 0.6 is 0 Å². The Hall–Kier alpha value is -2.11. The molecular formula is C12H16N2O4. The van der Waals surface area contributed by atoms with Gasteiger partial charge >= 0.3 is 11.9 Å². The zero-order valence-electron chi connectivity index (χ0n) is 10.3. The topological polar surface area (TPSA) is 88.5 Å². The zero-order chi connectivity index (χ0) is 13.5. The first-order chi connectivity index (χ1) is 8.54. The maximum atomic E-state index is 11.7. The number of carbonyl (C=O) groups is 2. The van der Waals surface area contributed by atoms with Gasteiger partial charge < -0.3 is 15.2 Å². The van der Waals surface area contributed by atoms with Crippen molar-refractivity contribution in [2.75, 3.05) is 11.9 Å². The van der Waals surface area contributed by atoms with Crippen molar-refractivity contribution in [2.24, 2.45) is 0 Å². The number of aliphatic carboxylic acids is 1. The second-order valence-electron chi connectivity index (χ2n) is 3.76. The van der Waals surface area contributed by atoms with Crippen molar-refractivity contribution in [3.8, 4) is 0 Å². The molecule has 2 N–H and O–H groups in total. The molecule has 1 aromatic heterocycles. The second kappa shape index (κ2) is 6.58. The molecule has 1 heterocycles. The first-order valence-electron chi connectivity index (χ1n) is 5.65. The molecule has 6 heteroatoms.